The number of hydrogen-bond donors (Lipinski definition) is 2. The molecule has 6 heteroatoms. The Hall–Kier alpha value is -3.12. The molecule has 0 saturated heterocycles. The molecule has 0 amide bonds. The molecule has 0 bridgehead atoms. The Morgan fingerprint density at radius 3 is 2.78 bits per heavy atom. The molecule has 0 aliphatic rings. The average Bonchev–Trinajstić information content (AvgIpc) is 2.64. The van der Waals surface area contributed by atoms with E-state index in [0.717, 1.165) is 0 Å². The molecular formula is C21H24N2O4. The van der Waals surface area contributed by atoms with E-state index in [4.69, 9.17) is 9.47 Å². The number of hydrogen-bond acceptors (Lipinski definition) is 6. The predicted octanol–water partition coefficient (Wildman–Crippen LogP) is 3.86. The minimum Gasteiger partial charge on any atom is -0.505 e. The molecule has 1 heterocycles. The Morgan fingerprint density at radius 2 is 2.11 bits per heavy atom. The summed E-state index contributed by atoms with van der Waals surface area (Å²) in [5, 5.41) is 14.7. The molecule has 0 radical (unpaired) electrons. The number of ether oxygens (including phenoxy) is 2. The Balaban J connectivity index is 2.50. The van der Waals surface area contributed by atoms with E-state index in [9.17, 15) is 9.90 Å². The van der Waals surface area contributed by atoms with Crippen molar-refractivity contribution in [3.63, 3.8) is 0 Å². The number of pyridine rings is 1. The monoisotopic (exact) mass is 368 g/mol. The van der Waals surface area contributed by atoms with Crippen molar-refractivity contribution in [2.75, 3.05) is 13.7 Å². The number of fused-ring (bicyclic) bond motifs is 1. The number of carbonyl (C=O) groups excluding carboxylic acids is 1. The van der Waals surface area contributed by atoms with Crippen molar-refractivity contribution >= 4 is 16.7 Å². The van der Waals surface area contributed by atoms with Crippen LogP contribution in [-0.4, -0.2) is 29.7 Å². The predicted molar refractivity (Wildman–Crippen MR) is 106 cm³/mol. The molecule has 2 N–H and O–H groups in total. The minimum absolute atomic E-state index is 0.0890. The van der Waals surface area contributed by atoms with Gasteiger partial charge in [0.1, 0.15) is 11.5 Å². The van der Waals surface area contributed by atoms with E-state index in [2.05, 4.69) is 16.9 Å². The SMILES string of the molecule is C=C/C=C\C=C(/C)Oc1ccc2c(O)c(C(=O)OCC)nc(CNC)c2c1. The van der Waals surface area contributed by atoms with E-state index >= 15 is 0 Å². The van der Waals surface area contributed by atoms with Crippen LogP contribution in [0.1, 0.15) is 30.0 Å². The first kappa shape index (κ1) is 20.2. The number of allylic oxidation sites excluding steroid dienone is 5. The third-order valence-corrected chi connectivity index (χ3v) is 3.70. The number of nitrogens with zero attached hydrogens (tertiary/aromatic N) is 1. The van der Waals surface area contributed by atoms with E-state index in [0.29, 0.717) is 34.5 Å². The van der Waals surface area contributed by atoms with Gasteiger partial charge in [-0.2, -0.15) is 0 Å². The lowest BCUT2D eigenvalue weighted by molar-refractivity contribution is 0.0516. The number of esters is 1. The maximum absolute atomic E-state index is 12.1. The normalized spacial score (nSPS) is 11.7. The third-order valence-electron chi connectivity index (χ3n) is 3.70. The van der Waals surface area contributed by atoms with E-state index < -0.39 is 5.97 Å². The van der Waals surface area contributed by atoms with Gasteiger partial charge in [-0.05, 0) is 45.2 Å². The molecule has 0 aliphatic carbocycles. The Labute approximate surface area is 158 Å². The second kappa shape index (κ2) is 9.54. The van der Waals surface area contributed by atoms with Gasteiger partial charge in [0.05, 0.1) is 12.3 Å². The number of nitrogens with one attached hydrogen (secondary N) is 1. The summed E-state index contributed by atoms with van der Waals surface area (Å²) < 4.78 is 10.8. The van der Waals surface area contributed by atoms with Crippen molar-refractivity contribution in [2.24, 2.45) is 0 Å². The van der Waals surface area contributed by atoms with Gasteiger partial charge < -0.3 is 19.9 Å². The Bertz CT molecular complexity index is 901. The maximum Gasteiger partial charge on any atom is 0.360 e. The molecule has 1 aromatic carbocycles. The van der Waals surface area contributed by atoms with Crippen LogP contribution in [0.3, 0.4) is 0 Å². The van der Waals surface area contributed by atoms with Crippen LogP contribution in [0, 0.1) is 0 Å². The topological polar surface area (TPSA) is 80.7 Å². The molecule has 0 aliphatic heterocycles. The smallest absolute Gasteiger partial charge is 0.360 e. The zero-order valence-electron chi connectivity index (χ0n) is 15.8. The highest BCUT2D eigenvalue weighted by molar-refractivity contribution is 6.00. The molecule has 27 heavy (non-hydrogen) atoms. The van der Waals surface area contributed by atoms with E-state index in [1.807, 2.05) is 19.1 Å². The number of benzene rings is 1. The molecule has 0 spiro atoms. The van der Waals surface area contributed by atoms with E-state index in [-0.39, 0.29) is 18.1 Å². The molecule has 2 aromatic rings. The van der Waals surface area contributed by atoms with Crippen molar-refractivity contribution < 1.29 is 19.4 Å². The van der Waals surface area contributed by atoms with E-state index in [1.165, 1.54) is 0 Å². The van der Waals surface area contributed by atoms with Crippen molar-refractivity contribution in [2.45, 2.75) is 20.4 Å². The summed E-state index contributed by atoms with van der Waals surface area (Å²) in [6.07, 6.45) is 7.13. The molecule has 6 nitrogen and oxygen atoms in total. The fourth-order valence-electron chi connectivity index (χ4n) is 2.54. The van der Waals surface area contributed by atoms with E-state index in [1.54, 1.807) is 44.3 Å². The highest BCUT2D eigenvalue weighted by Gasteiger charge is 2.20. The first-order chi connectivity index (χ1) is 13.0. The molecule has 0 fully saturated rings. The number of rotatable bonds is 8. The van der Waals surface area contributed by atoms with Crippen LogP contribution in [0.2, 0.25) is 0 Å². The second-order valence-electron chi connectivity index (χ2n) is 5.71. The summed E-state index contributed by atoms with van der Waals surface area (Å²) in [5.41, 5.74) is 0.529. The summed E-state index contributed by atoms with van der Waals surface area (Å²) in [7, 11) is 1.78. The quantitative estimate of drug-likeness (QED) is 0.418. The lowest BCUT2D eigenvalue weighted by atomic mass is 10.1. The van der Waals surface area contributed by atoms with Crippen molar-refractivity contribution in [3.05, 3.63) is 66.2 Å². The fraction of sp³-hybridized carbons (Fsp3) is 0.238. The number of aromatic hydroxyl groups is 1. The summed E-state index contributed by atoms with van der Waals surface area (Å²) >= 11 is 0. The summed E-state index contributed by atoms with van der Waals surface area (Å²) in [5.74, 6) is 0.451. The number of aromatic nitrogens is 1. The molecule has 0 atom stereocenters. The number of carbonyl (C=O) groups is 1. The van der Waals surface area contributed by atoms with Gasteiger partial charge in [0.25, 0.3) is 0 Å². The van der Waals surface area contributed by atoms with Crippen LogP contribution in [0.5, 0.6) is 11.5 Å². The van der Waals surface area contributed by atoms with Gasteiger partial charge in [0.15, 0.2) is 11.4 Å². The standard InChI is InChI=1S/C21H24N2O4/c1-5-7-8-9-14(3)27-15-10-11-16-17(12-15)18(13-22-4)23-19(20(16)24)21(25)26-6-2/h5,7-12,22,24H,1,6,13H2,2-4H3/b8-7-,14-9+. The van der Waals surface area contributed by atoms with Gasteiger partial charge in [-0.3, -0.25) is 0 Å². The highest BCUT2D eigenvalue weighted by atomic mass is 16.5. The van der Waals surface area contributed by atoms with Gasteiger partial charge in [-0.1, -0.05) is 24.8 Å². The Morgan fingerprint density at radius 1 is 1.33 bits per heavy atom. The van der Waals surface area contributed by atoms with Gasteiger partial charge >= 0.3 is 5.97 Å². The molecular weight excluding hydrogens is 344 g/mol. The van der Waals surface area contributed by atoms with Crippen LogP contribution < -0.4 is 10.1 Å². The fourth-order valence-corrected chi connectivity index (χ4v) is 2.54. The van der Waals surface area contributed by atoms with Gasteiger partial charge in [0, 0.05) is 17.3 Å². The van der Waals surface area contributed by atoms with Gasteiger partial charge in [0.2, 0.25) is 0 Å². The summed E-state index contributed by atoms with van der Waals surface area (Å²) in [4.78, 5) is 16.4. The lowest BCUT2D eigenvalue weighted by Crippen LogP contribution is -2.13. The van der Waals surface area contributed by atoms with Crippen molar-refractivity contribution in [1.29, 1.82) is 0 Å². The summed E-state index contributed by atoms with van der Waals surface area (Å²) in [6, 6.07) is 5.23. The Kier molecular flexibility index (Phi) is 7.14. The van der Waals surface area contributed by atoms with Crippen LogP contribution in [-0.2, 0) is 11.3 Å². The lowest BCUT2D eigenvalue weighted by Gasteiger charge is -2.13. The first-order valence-electron chi connectivity index (χ1n) is 8.63. The van der Waals surface area contributed by atoms with Gasteiger partial charge in [-0.15, -0.1) is 0 Å². The molecule has 2 rings (SSSR count). The maximum atomic E-state index is 12.1. The summed E-state index contributed by atoms with van der Waals surface area (Å²) in [6.45, 7) is 7.78. The third kappa shape index (κ3) is 4.95. The van der Waals surface area contributed by atoms with Crippen LogP contribution in [0.25, 0.3) is 10.8 Å². The second-order valence-corrected chi connectivity index (χ2v) is 5.71. The molecule has 0 unspecified atom stereocenters. The molecule has 0 saturated carbocycles. The molecule has 142 valence electrons. The van der Waals surface area contributed by atoms with Crippen molar-refractivity contribution in [3.8, 4) is 11.5 Å². The largest absolute Gasteiger partial charge is 0.505 e. The minimum atomic E-state index is -0.651. The van der Waals surface area contributed by atoms with Crippen LogP contribution >= 0.6 is 0 Å². The van der Waals surface area contributed by atoms with Gasteiger partial charge in [-0.25, -0.2) is 9.78 Å². The van der Waals surface area contributed by atoms with Crippen molar-refractivity contribution in [1.82, 2.24) is 10.3 Å². The van der Waals surface area contributed by atoms with Crippen LogP contribution in [0.15, 0.2) is 54.8 Å². The zero-order valence-corrected chi connectivity index (χ0v) is 15.8. The molecule has 1 aromatic heterocycles. The zero-order chi connectivity index (χ0) is 19.8. The average molecular weight is 368 g/mol. The first-order valence-corrected chi connectivity index (χ1v) is 8.63. The van der Waals surface area contributed by atoms with Crippen LogP contribution in [0.4, 0.5) is 0 Å². The highest BCUT2D eigenvalue weighted by Crippen LogP contribution is 2.33.